The zero-order valence-electron chi connectivity index (χ0n) is 13.8. The molecule has 3 rings (SSSR count). The molecule has 0 radical (unpaired) electrons. The van der Waals surface area contributed by atoms with Crippen LogP contribution in [0.1, 0.15) is 29.6 Å². The number of hydrogen-bond donors (Lipinski definition) is 2. The second-order valence-corrected chi connectivity index (χ2v) is 7.68. The van der Waals surface area contributed by atoms with E-state index in [0.717, 1.165) is 18.8 Å². The van der Waals surface area contributed by atoms with Crippen LogP contribution >= 0.6 is 0 Å². The molecule has 3 N–H and O–H groups in total. The molecule has 132 valence electrons. The molecule has 0 aliphatic carbocycles. The molecule has 1 aliphatic rings. The lowest BCUT2D eigenvalue weighted by Gasteiger charge is -2.28. The number of piperidine rings is 1. The molecule has 25 heavy (non-hydrogen) atoms. The number of nitrogens with zero attached hydrogens (tertiary/aromatic N) is 1. The van der Waals surface area contributed by atoms with Crippen LogP contribution in [0.25, 0.3) is 0 Å². The van der Waals surface area contributed by atoms with Gasteiger partial charge in [-0.25, -0.2) is 13.6 Å². The minimum Gasteiger partial charge on any atom is -0.372 e. The van der Waals surface area contributed by atoms with Crippen LogP contribution in [0.15, 0.2) is 53.4 Å². The third-order valence-electron chi connectivity index (χ3n) is 4.29. The summed E-state index contributed by atoms with van der Waals surface area (Å²) in [5.41, 5.74) is 2.23. The average molecular weight is 359 g/mol. The number of nitrogens with one attached hydrogen (secondary N) is 1. The molecule has 0 saturated carbocycles. The average Bonchev–Trinajstić information content (AvgIpc) is 2.62. The molecule has 0 unspecified atom stereocenters. The van der Waals surface area contributed by atoms with Gasteiger partial charge < -0.3 is 10.2 Å². The largest absolute Gasteiger partial charge is 0.372 e. The SMILES string of the molecule is NS(=O)(=O)c1ccc(C(=O)Nc2ccc(N3CCCCC3)cc2)cc1. The molecule has 2 aromatic carbocycles. The predicted octanol–water partition coefficient (Wildman–Crippen LogP) is 2.58. The third-order valence-corrected chi connectivity index (χ3v) is 5.22. The van der Waals surface area contributed by atoms with Crippen LogP contribution in [-0.2, 0) is 10.0 Å². The Morgan fingerprint density at radius 2 is 1.52 bits per heavy atom. The van der Waals surface area contributed by atoms with Crippen molar-refractivity contribution < 1.29 is 13.2 Å². The number of nitrogens with two attached hydrogens (primary N) is 1. The summed E-state index contributed by atoms with van der Waals surface area (Å²) >= 11 is 0. The van der Waals surface area contributed by atoms with Crippen molar-refractivity contribution in [1.29, 1.82) is 0 Å². The van der Waals surface area contributed by atoms with E-state index in [2.05, 4.69) is 10.2 Å². The highest BCUT2D eigenvalue weighted by atomic mass is 32.2. The first-order valence-electron chi connectivity index (χ1n) is 8.23. The van der Waals surface area contributed by atoms with Crippen LogP contribution in [0.3, 0.4) is 0 Å². The lowest BCUT2D eigenvalue weighted by Crippen LogP contribution is -2.29. The molecule has 2 aromatic rings. The van der Waals surface area contributed by atoms with E-state index >= 15 is 0 Å². The van der Waals surface area contributed by atoms with Crippen LogP contribution in [0, 0.1) is 0 Å². The van der Waals surface area contributed by atoms with Crippen molar-refractivity contribution >= 4 is 27.3 Å². The van der Waals surface area contributed by atoms with E-state index in [0.29, 0.717) is 11.3 Å². The highest BCUT2D eigenvalue weighted by Gasteiger charge is 2.12. The van der Waals surface area contributed by atoms with Gasteiger partial charge in [-0.1, -0.05) is 0 Å². The van der Waals surface area contributed by atoms with E-state index in [1.54, 1.807) is 0 Å². The van der Waals surface area contributed by atoms with Gasteiger partial charge in [-0.2, -0.15) is 0 Å². The van der Waals surface area contributed by atoms with Gasteiger partial charge in [0.1, 0.15) is 0 Å². The maximum Gasteiger partial charge on any atom is 0.255 e. The first kappa shape index (κ1) is 17.4. The number of benzene rings is 2. The Balaban J connectivity index is 1.66. The Morgan fingerprint density at radius 1 is 0.920 bits per heavy atom. The normalized spacial score (nSPS) is 15.0. The molecule has 1 heterocycles. The van der Waals surface area contributed by atoms with E-state index < -0.39 is 10.0 Å². The second-order valence-electron chi connectivity index (χ2n) is 6.12. The molecule has 0 aromatic heterocycles. The highest BCUT2D eigenvalue weighted by molar-refractivity contribution is 7.89. The molecular weight excluding hydrogens is 338 g/mol. The zero-order valence-corrected chi connectivity index (χ0v) is 14.6. The highest BCUT2D eigenvalue weighted by Crippen LogP contribution is 2.22. The zero-order chi connectivity index (χ0) is 17.9. The van der Waals surface area contributed by atoms with E-state index in [1.807, 2.05) is 24.3 Å². The van der Waals surface area contributed by atoms with Gasteiger partial charge in [-0.3, -0.25) is 4.79 Å². The van der Waals surface area contributed by atoms with Gasteiger partial charge in [0.05, 0.1) is 4.90 Å². The molecule has 0 spiro atoms. The van der Waals surface area contributed by atoms with E-state index in [-0.39, 0.29) is 10.8 Å². The number of primary sulfonamides is 1. The van der Waals surface area contributed by atoms with Crippen molar-refractivity contribution in [2.75, 3.05) is 23.3 Å². The van der Waals surface area contributed by atoms with Crippen molar-refractivity contribution in [2.24, 2.45) is 5.14 Å². The summed E-state index contributed by atoms with van der Waals surface area (Å²) in [6, 6.07) is 13.3. The molecular formula is C18H21N3O3S. The lowest BCUT2D eigenvalue weighted by atomic mass is 10.1. The molecule has 1 fully saturated rings. The standard InChI is InChI=1S/C18H21N3O3S/c19-25(23,24)17-10-4-14(5-11-17)18(22)20-15-6-8-16(9-7-15)21-12-2-1-3-13-21/h4-11H,1-3,12-13H2,(H,20,22)(H2,19,23,24). The van der Waals surface area contributed by atoms with E-state index in [9.17, 15) is 13.2 Å². The molecule has 7 heteroatoms. The number of sulfonamides is 1. The van der Waals surface area contributed by atoms with E-state index in [4.69, 9.17) is 5.14 Å². The van der Waals surface area contributed by atoms with Crippen LogP contribution in [0.2, 0.25) is 0 Å². The molecule has 0 atom stereocenters. The summed E-state index contributed by atoms with van der Waals surface area (Å²) < 4.78 is 22.5. The van der Waals surface area contributed by atoms with Gasteiger partial charge >= 0.3 is 0 Å². The summed E-state index contributed by atoms with van der Waals surface area (Å²) in [5, 5.41) is 7.86. The topological polar surface area (TPSA) is 92.5 Å². The summed E-state index contributed by atoms with van der Waals surface area (Å²) in [6.07, 6.45) is 3.72. The fourth-order valence-electron chi connectivity index (χ4n) is 2.91. The summed E-state index contributed by atoms with van der Waals surface area (Å²) in [4.78, 5) is 14.6. The quantitative estimate of drug-likeness (QED) is 0.877. The monoisotopic (exact) mass is 359 g/mol. The number of anilines is 2. The van der Waals surface area contributed by atoms with Crippen LogP contribution < -0.4 is 15.4 Å². The Bertz CT molecular complexity index is 840. The third kappa shape index (κ3) is 4.37. The fraction of sp³-hybridized carbons (Fsp3) is 0.278. The first-order chi connectivity index (χ1) is 11.9. The van der Waals surface area contributed by atoms with Crippen molar-refractivity contribution in [3.63, 3.8) is 0 Å². The van der Waals surface area contributed by atoms with Gasteiger partial charge in [0.15, 0.2) is 0 Å². The molecule has 1 amide bonds. The van der Waals surface area contributed by atoms with Gasteiger partial charge in [0.25, 0.3) is 5.91 Å². The second kappa shape index (κ2) is 7.25. The Labute approximate surface area is 147 Å². The molecule has 1 saturated heterocycles. The summed E-state index contributed by atoms with van der Waals surface area (Å²) in [6.45, 7) is 2.14. The molecule has 1 aliphatic heterocycles. The fourth-order valence-corrected chi connectivity index (χ4v) is 3.42. The van der Waals surface area contributed by atoms with Crippen molar-refractivity contribution in [2.45, 2.75) is 24.2 Å². The maximum atomic E-state index is 12.3. The molecule has 6 nitrogen and oxygen atoms in total. The van der Waals surface area contributed by atoms with Crippen LogP contribution in [0.5, 0.6) is 0 Å². The van der Waals surface area contributed by atoms with E-state index in [1.165, 1.54) is 43.5 Å². The predicted molar refractivity (Wildman–Crippen MR) is 98.3 cm³/mol. The minimum absolute atomic E-state index is 0.0186. The van der Waals surface area contributed by atoms with Crippen LogP contribution in [-0.4, -0.2) is 27.4 Å². The number of carbonyl (C=O) groups excluding carboxylic acids is 1. The summed E-state index contributed by atoms with van der Waals surface area (Å²) in [7, 11) is -3.76. The van der Waals surface area contributed by atoms with Gasteiger partial charge in [0, 0.05) is 30.0 Å². The lowest BCUT2D eigenvalue weighted by molar-refractivity contribution is 0.102. The Kier molecular flexibility index (Phi) is 5.06. The van der Waals surface area contributed by atoms with Gasteiger partial charge in [0.2, 0.25) is 10.0 Å². The van der Waals surface area contributed by atoms with Crippen molar-refractivity contribution in [1.82, 2.24) is 0 Å². The van der Waals surface area contributed by atoms with Crippen LogP contribution in [0.4, 0.5) is 11.4 Å². The van der Waals surface area contributed by atoms with Crippen molar-refractivity contribution in [3.8, 4) is 0 Å². The smallest absolute Gasteiger partial charge is 0.255 e. The Hall–Kier alpha value is -2.38. The molecule has 0 bridgehead atoms. The maximum absolute atomic E-state index is 12.3. The number of rotatable bonds is 4. The van der Waals surface area contributed by atoms with Gasteiger partial charge in [-0.05, 0) is 67.8 Å². The number of hydrogen-bond acceptors (Lipinski definition) is 4. The summed E-state index contributed by atoms with van der Waals surface area (Å²) in [5.74, 6) is -0.299. The van der Waals surface area contributed by atoms with Gasteiger partial charge in [-0.15, -0.1) is 0 Å². The van der Waals surface area contributed by atoms with Crippen molar-refractivity contribution in [3.05, 3.63) is 54.1 Å². The Morgan fingerprint density at radius 3 is 2.08 bits per heavy atom. The first-order valence-corrected chi connectivity index (χ1v) is 9.77. The number of carbonyl (C=O) groups is 1. The minimum atomic E-state index is -3.76. The number of amides is 1.